The molecule has 3 rings (SSSR count). The van der Waals surface area contributed by atoms with Crippen LogP contribution in [-0.2, 0) is 13.0 Å². The van der Waals surface area contributed by atoms with E-state index in [1.807, 2.05) is 17.5 Å². The van der Waals surface area contributed by atoms with Crippen molar-refractivity contribution in [2.24, 2.45) is 0 Å². The maximum absolute atomic E-state index is 5.79. The molecule has 0 saturated heterocycles. The Morgan fingerprint density at radius 3 is 2.95 bits per heavy atom. The van der Waals surface area contributed by atoms with E-state index in [1.165, 1.54) is 4.88 Å². The van der Waals surface area contributed by atoms with E-state index in [-0.39, 0.29) is 5.95 Å². The molecule has 0 aliphatic rings. The predicted molar refractivity (Wildman–Crippen MR) is 79.9 cm³/mol. The first-order valence-electron chi connectivity index (χ1n) is 5.97. The quantitative estimate of drug-likeness (QED) is 0.799. The summed E-state index contributed by atoms with van der Waals surface area (Å²) in [5.41, 5.74) is 5.73. The average molecular weight is 291 g/mol. The van der Waals surface area contributed by atoms with Gasteiger partial charge in [0.25, 0.3) is 0 Å². The lowest BCUT2D eigenvalue weighted by atomic mass is 10.3. The third-order valence-electron chi connectivity index (χ3n) is 2.71. The molecule has 3 aromatic heterocycles. The minimum absolute atomic E-state index is 0.262. The number of thiophene rings is 2. The van der Waals surface area contributed by atoms with Crippen molar-refractivity contribution in [2.45, 2.75) is 20.0 Å². The Balaban J connectivity index is 1.94. The fraction of sp³-hybridized carbons (Fsp3) is 0.231. The van der Waals surface area contributed by atoms with Crippen LogP contribution in [0.25, 0.3) is 10.2 Å². The number of rotatable bonds is 4. The maximum Gasteiger partial charge on any atom is 0.227 e. The molecule has 0 aliphatic heterocycles. The van der Waals surface area contributed by atoms with Gasteiger partial charge in [0.15, 0.2) is 0 Å². The van der Waals surface area contributed by atoms with Crippen molar-refractivity contribution >= 4 is 38.8 Å². The summed E-state index contributed by atoms with van der Waals surface area (Å²) in [5.74, 6) is 0.838. The number of nitrogen functional groups attached to an aromatic ring is 1. The fourth-order valence-electron chi connectivity index (χ4n) is 1.78. The SMILES string of the molecule is CCc1cc2c(OCc3cccs3)nc(N)nc2s1. The number of ether oxygens (including phenoxy) is 1. The van der Waals surface area contributed by atoms with Crippen LogP contribution in [0, 0.1) is 0 Å². The van der Waals surface area contributed by atoms with Gasteiger partial charge in [-0.3, -0.25) is 0 Å². The lowest BCUT2D eigenvalue weighted by molar-refractivity contribution is 0.301. The molecule has 0 atom stereocenters. The van der Waals surface area contributed by atoms with Crippen LogP contribution in [-0.4, -0.2) is 9.97 Å². The number of nitrogens with two attached hydrogens (primary N) is 1. The second kappa shape index (κ2) is 5.14. The molecule has 0 bridgehead atoms. The van der Waals surface area contributed by atoms with E-state index in [2.05, 4.69) is 23.0 Å². The fourth-order valence-corrected chi connectivity index (χ4v) is 3.36. The number of hydrogen-bond donors (Lipinski definition) is 1. The van der Waals surface area contributed by atoms with Crippen molar-refractivity contribution in [3.05, 3.63) is 33.3 Å². The van der Waals surface area contributed by atoms with Crippen LogP contribution in [0.5, 0.6) is 5.88 Å². The van der Waals surface area contributed by atoms with Gasteiger partial charge in [-0.25, -0.2) is 4.98 Å². The molecule has 0 saturated carbocycles. The van der Waals surface area contributed by atoms with E-state index in [0.29, 0.717) is 12.5 Å². The Kier molecular flexibility index (Phi) is 3.35. The summed E-state index contributed by atoms with van der Waals surface area (Å²) in [4.78, 5) is 11.8. The third kappa shape index (κ3) is 2.54. The molecule has 2 N–H and O–H groups in total. The number of aromatic nitrogens is 2. The van der Waals surface area contributed by atoms with Crippen LogP contribution in [0.2, 0.25) is 0 Å². The topological polar surface area (TPSA) is 61.0 Å². The van der Waals surface area contributed by atoms with E-state index in [0.717, 1.165) is 21.5 Å². The van der Waals surface area contributed by atoms with Crippen molar-refractivity contribution in [1.29, 1.82) is 0 Å². The second-order valence-electron chi connectivity index (χ2n) is 4.04. The van der Waals surface area contributed by atoms with Gasteiger partial charge in [-0.15, -0.1) is 22.7 Å². The Morgan fingerprint density at radius 1 is 1.32 bits per heavy atom. The highest BCUT2D eigenvalue weighted by Crippen LogP contribution is 2.31. The molecule has 6 heteroatoms. The van der Waals surface area contributed by atoms with Crippen LogP contribution in [0.3, 0.4) is 0 Å². The van der Waals surface area contributed by atoms with Gasteiger partial charge in [-0.05, 0) is 23.9 Å². The number of anilines is 1. The Hall–Kier alpha value is -1.66. The van der Waals surface area contributed by atoms with Gasteiger partial charge in [-0.2, -0.15) is 4.98 Å². The van der Waals surface area contributed by atoms with Gasteiger partial charge >= 0.3 is 0 Å². The molecule has 0 spiro atoms. The van der Waals surface area contributed by atoms with Crippen LogP contribution >= 0.6 is 22.7 Å². The highest BCUT2D eigenvalue weighted by molar-refractivity contribution is 7.18. The highest BCUT2D eigenvalue weighted by Gasteiger charge is 2.11. The van der Waals surface area contributed by atoms with Gasteiger partial charge in [0.2, 0.25) is 11.8 Å². The Labute approximate surface area is 118 Å². The van der Waals surface area contributed by atoms with Crippen LogP contribution < -0.4 is 10.5 Å². The molecule has 0 aromatic carbocycles. The van der Waals surface area contributed by atoms with Crippen LogP contribution in [0.1, 0.15) is 16.7 Å². The monoisotopic (exact) mass is 291 g/mol. The molecule has 98 valence electrons. The summed E-state index contributed by atoms with van der Waals surface area (Å²) in [7, 11) is 0. The van der Waals surface area contributed by atoms with E-state index in [4.69, 9.17) is 10.5 Å². The average Bonchev–Trinajstić information content (AvgIpc) is 3.04. The Morgan fingerprint density at radius 2 is 2.21 bits per heavy atom. The first kappa shape index (κ1) is 12.4. The molecule has 4 nitrogen and oxygen atoms in total. The summed E-state index contributed by atoms with van der Waals surface area (Å²) < 4.78 is 5.79. The maximum atomic E-state index is 5.79. The van der Waals surface area contributed by atoms with Gasteiger partial charge in [0.1, 0.15) is 11.4 Å². The normalized spacial score (nSPS) is 11.0. The smallest absolute Gasteiger partial charge is 0.227 e. The largest absolute Gasteiger partial charge is 0.471 e. The van der Waals surface area contributed by atoms with Gasteiger partial charge in [0, 0.05) is 9.75 Å². The molecular formula is C13H13N3OS2. The highest BCUT2D eigenvalue weighted by atomic mass is 32.1. The first-order valence-corrected chi connectivity index (χ1v) is 7.67. The standard InChI is InChI=1S/C13H13N3OS2/c1-2-8-6-10-11(15-13(14)16-12(10)19-8)17-7-9-4-3-5-18-9/h3-6H,2,7H2,1H3,(H2,14,15,16). The van der Waals surface area contributed by atoms with E-state index in [9.17, 15) is 0 Å². The van der Waals surface area contributed by atoms with Crippen LogP contribution in [0.4, 0.5) is 5.95 Å². The minimum atomic E-state index is 0.262. The lowest BCUT2D eigenvalue weighted by Gasteiger charge is -2.05. The molecule has 0 radical (unpaired) electrons. The first-order chi connectivity index (χ1) is 9.26. The van der Waals surface area contributed by atoms with Crippen LogP contribution in [0.15, 0.2) is 23.6 Å². The van der Waals surface area contributed by atoms with E-state index < -0.39 is 0 Å². The summed E-state index contributed by atoms with van der Waals surface area (Å²) in [6.45, 7) is 2.63. The van der Waals surface area contributed by atoms with Gasteiger partial charge < -0.3 is 10.5 Å². The van der Waals surface area contributed by atoms with Crippen molar-refractivity contribution in [3.8, 4) is 5.88 Å². The predicted octanol–water partition coefficient (Wildman–Crippen LogP) is 3.48. The molecule has 0 aliphatic carbocycles. The van der Waals surface area contributed by atoms with E-state index >= 15 is 0 Å². The molecule has 0 fully saturated rings. The molecule has 3 aromatic rings. The van der Waals surface area contributed by atoms with Gasteiger partial charge in [0.05, 0.1) is 5.39 Å². The zero-order valence-electron chi connectivity index (χ0n) is 10.4. The number of fused-ring (bicyclic) bond motifs is 1. The summed E-state index contributed by atoms with van der Waals surface area (Å²) in [6, 6.07) is 6.13. The van der Waals surface area contributed by atoms with E-state index in [1.54, 1.807) is 22.7 Å². The summed E-state index contributed by atoms with van der Waals surface area (Å²) in [6.07, 6.45) is 0.977. The molecular weight excluding hydrogens is 278 g/mol. The molecule has 19 heavy (non-hydrogen) atoms. The lowest BCUT2D eigenvalue weighted by Crippen LogP contribution is -2.00. The van der Waals surface area contributed by atoms with Crippen molar-refractivity contribution in [2.75, 3.05) is 5.73 Å². The van der Waals surface area contributed by atoms with Gasteiger partial charge in [-0.1, -0.05) is 13.0 Å². The number of nitrogens with zero attached hydrogens (tertiary/aromatic N) is 2. The van der Waals surface area contributed by atoms with Crippen molar-refractivity contribution in [1.82, 2.24) is 9.97 Å². The van der Waals surface area contributed by atoms with Crippen molar-refractivity contribution < 1.29 is 4.74 Å². The molecule has 0 amide bonds. The summed E-state index contributed by atoms with van der Waals surface area (Å²) in [5, 5.41) is 2.98. The number of aryl methyl sites for hydroxylation is 1. The van der Waals surface area contributed by atoms with Crippen molar-refractivity contribution in [3.63, 3.8) is 0 Å². The zero-order valence-corrected chi connectivity index (χ0v) is 12.1. The molecule has 3 heterocycles. The Bertz CT molecular complexity index is 691. The molecule has 0 unspecified atom stereocenters. The second-order valence-corrected chi connectivity index (χ2v) is 6.19. The zero-order chi connectivity index (χ0) is 13.2. The number of hydrogen-bond acceptors (Lipinski definition) is 6. The summed E-state index contributed by atoms with van der Waals surface area (Å²) >= 11 is 3.30. The third-order valence-corrected chi connectivity index (χ3v) is 4.73. The minimum Gasteiger partial charge on any atom is -0.471 e.